The number of unbranched alkanes of at least 4 members (excludes halogenated alkanes) is 1. The van der Waals surface area contributed by atoms with Gasteiger partial charge in [0, 0.05) is 20.2 Å². The van der Waals surface area contributed by atoms with Gasteiger partial charge in [0.25, 0.3) is 0 Å². The maximum absolute atomic E-state index is 13.2. The highest BCUT2D eigenvalue weighted by Gasteiger charge is 2.31. The number of methoxy groups -OCH3 is 1. The van der Waals surface area contributed by atoms with Crippen molar-refractivity contribution in [2.75, 3.05) is 33.6 Å². The van der Waals surface area contributed by atoms with Crippen LogP contribution >= 0.6 is 0 Å². The molecule has 1 amide bonds. The number of carboxylic acids is 1. The number of piperidine rings is 1. The van der Waals surface area contributed by atoms with Gasteiger partial charge in [0.15, 0.2) is 6.10 Å². The van der Waals surface area contributed by atoms with Crippen LogP contribution in [0.25, 0.3) is 0 Å². The predicted molar refractivity (Wildman–Crippen MR) is 109 cm³/mol. The molecule has 1 heterocycles. The zero-order valence-corrected chi connectivity index (χ0v) is 17.4. The van der Waals surface area contributed by atoms with E-state index < -0.39 is 18.0 Å². The minimum atomic E-state index is -0.978. The van der Waals surface area contributed by atoms with Crippen molar-refractivity contribution >= 4 is 11.9 Å². The van der Waals surface area contributed by atoms with E-state index in [0.29, 0.717) is 19.5 Å². The SMILES string of the molecule is CCCC[C@H](OCC(C(=O)N1CCC(OCOC)CC1)c1ccccc1)C(=O)O. The number of likely N-dealkylation sites (tertiary alicyclic amines) is 1. The third-order valence-electron chi connectivity index (χ3n) is 5.23. The molecule has 0 saturated carbocycles. The summed E-state index contributed by atoms with van der Waals surface area (Å²) in [5.41, 5.74) is 0.842. The van der Waals surface area contributed by atoms with Gasteiger partial charge >= 0.3 is 5.97 Å². The molecule has 2 atom stereocenters. The van der Waals surface area contributed by atoms with E-state index in [4.69, 9.17) is 14.2 Å². The smallest absolute Gasteiger partial charge is 0.332 e. The van der Waals surface area contributed by atoms with E-state index >= 15 is 0 Å². The number of carbonyl (C=O) groups is 2. The molecule has 0 spiro atoms. The highest BCUT2D eigenvalue weighted by Crippen LogP contribution is 2.24. The Bertz CT molecular complexity index is 615. The number of carbonyl (C=O) groups excluding carboxylic acids is 1. The minimum absolute atomic E-state index is 0.0268. The second-order valence-corrected chi connectivity index (χ2v) is 7.36. The number of nitrogens with zero attached hydrogens (tertiary/aromatic N) is 1. The molecule has 1 fully saturated rings. The average Bonchev–Trinajstić information content (AvgIpc) is 2.75. The molecule has 0 bridgehead atoms. The zero-order valence-electron chi connectivity index (χ0n) is 17.4. The molecule has 1 aromatic rings. The van der Waals surface area contributed by atoms with E-state index in [2.05, 4.69) is 0 Å². The monoisotopic (exact) mass is 407 g/mol. The number of hydrogen-bond donors (Lipinski definition) is 1. The highest BCUT2D eigenvalue weighted by atomic mass is 16.7. The second-order valence-electron chi connectivity index (χ2n) is 7.36. The molecular weight excluding hydrogens is 374 g/mol. The van der Waals surface area contributed by atoms with E-state index in [1.807, 2.05) is 42.2 Å². The van der Waals surface area contributed by atoms with E-state index in [1.54, 1.807) is 7.11 Å². The fourth-order valence-electron chi connectivity index (χ4n) is 3.50. The molecular formula is C22H33NO6. The van der Waals surface area contributed by atoms with Gasteiger partial charge in [-0.1, -0.05) is 50.1 Å². The Hall–Kier alpha value is -1.96. The number of benzene rings is 1. The fourth-order valence-corrected chi connectivity index (χ4v) is 3.50. The van der Waals surface area contributed by atoms with Crippen molar-refractivity contribution in [2.45, 2.75) is 57.2 Å². The number of rotatable bonds is 12. The van der Waals surface area contributed by atoms with Crippen LogP contribution in [0.1, 0.15) is 50.5 Å². The lowest BCUT2D eigenvalue weighted by Gasteiger charge is -2.34. The van der Waals surface area contributed by atoms with Crippen molar-refractivity contribution in [1.29, 1.82) is 0 Å². The van der Waals surface area contributed by atoms with Gasteiger partial charge in [-0.05, 0) is 24.8 Å². The van der Waals surface area contributed by atoms with Gasteiger partial charge in [-0.3, -0.25) is 4.79 Å². The molecule has 1 aliphatic rings. The lowest BCUT2D eigenvalue weighted by atomic mass is 9.96. The summed E-state index contributed by atoms with van der Waals surface area (Å²) in [5.74, 6) is -1.52. The van der Waals surface area contributed by atoms with Crippen LogP contribution in [0, 0.1) is 0 Å². The van der Waals surface area contributed by atoms with E-state index in [0.717, 1.165) is 31.2 Å². The number of carboxylic acid groups (broad SMARTS) is 1. The molecule has 0 aromatic heterocycles. The standard InChI is InChI=1S/C22H33NO6/c1-3-4-10-20(22(25)26)28-15-19(17-8-6-5-7-9-17)21(24)23-13-11-18(12-14-23)29-16-27-2/h5-9,18-20H,3-4,10-16H2,1-2H3,(H,25,26)/t19?,20-/m0/s1. The summed E-state index contributed by atoms with van der Waals surface area (Å²) < 4.78 is 16.3. The molecule has 7 nitrogen and oxygen atoms in total. The van der Waals surface area contributed by atoms with Crippen molar-refractivity contribution in [1.82, 2.24) is 4.90 Å². The first-order chi connectivity index (χ1) is 14.1. The number of ether oxygens (including phenoxy) is 3. The van der Waals surface area contributed by atoms with Gasteiger partial charge < -0.3 is 24.2 Å². The van der Waals surface area contributed by atoms with Crippen molar-refractivity contribution in [3.8, 4) is 0 Å². The first-order valence-corrected chi connectivity index (χ1v) is 10.4. The topological polar surface area (TPSA) is 85.3 Å². The first kappa shape index (κ1) is 23.3. The van der Waals surface area contributed by atoms with Crippen LogP contribution in [-0.2, 0) is 23.8 Å². The molecule has 7 heteroatoms. The summed E-state index contributed by atoms with van der Waals surface area (Å²) in [4.78, 5) is 26.6. The average molecular weight is 408 g/mol. The van der Waals surface area contributed by atoms with Crippen LogP contribution in [0.3, 0.4) is 0 Å². The molecule has 29 heavy (non-hydrogen) atoms. The van der Waals surface area contributed by atoms with Crippen LogP contribution in [0.2, 0.25) is 0 Å². The molecule has 162 valence electrons. The quantitative estimate of drug-likeness (QED) is 0.536. The lowest BCUT2D eigenvalue weighted by molar-refractivity contribution is -0.153. The Morgan fingerprint density at radius 1 is 1.21 bits per heavy atom. The maximum Gasteiger partial charge on any atom is 0.332 e. The highest BCUT2D eigenvalue weighted by molar-refractivity contribution is 5.84. The van der Waals surface area contributed by atoms with Crippen molar-refractivity contribution in [3.63, 3.8) is 0 Å². The summed E-state index contributed by atoms with van der Waals surface area (Å²) in [6, 6.07) is 9.44. The van der Waals surface area contributed by atoms with E-state index in [1.165, 1.54) is 0 Å². The van der Waals surface area contributed by atoms with Gasteiger partial charge in [0.1, 0.15) is 6.79 Å². The van der Waals surface area contributed by atoms with E-state index in [-0.39, 0.29) is 25.4 Å². The molecule has 0 radical (unpaired) electrons. The minimum Gasteiger partial charge on any atom is -0.479 e. The number of hydrogen-bond acceptors (Lipinski definition) is 5. The summed E-state index contributed by atoms with van der Waals surface area (Å²) in [6.07, 6.45) is 2.84. The Balaban J connectivity index is 2.02. The maximum atomic E-state index is 13.2. The molecule has 1 aliphatic heterocycles. The van der Waals surface area contributed by atoms with Crippen molar-refractivity contribution in [3.05, 3.63) is 35.9 Å². The Labute approximate surface area is 172 Å². The molecule has 1 saturated heterocycles. The van der Waals surface area contributed by atoms with Crippen LogP contribution in [0.15, 0.2) is 30.3 Å². The summed E-state index contributed by atoms with van der Waals surface area (Å²) in [6.45, 7) is 3.54. The van der Waals surface area contributed by atoms with Gasteiger partial charge in [-0.15, -0.1) is 0 Å². The molecule has 1 N–H and O–H groups in total. The number of amides is 1. The largest absolute Gasteiger partial charge is 0.479 e. The van der Waals surface area contributed by atoms with Gasteiger partial charge in [-0.25, -0.2) is 4.79 Å². The third-order valence-corrected chi connectivity index (χ3v) is 5.23. The third kappa shape index (κ3) is 7.42. The first-order valence-electron chi connectivity index (χ1n) is 10.4. The van der Waals surface area contributed by atoms with Gasteiger partial charge in [0.05, 0.1) is 18.6 Å². The Morgan fingerprint density at radius 3 is 2.48 bits per heavy atom. The van der Waals surface area contributed by atoms with Crippen LogP contribution in [0.5, 0.6) is 0 Å². The molecule has 1 aromatic carbocycles. The molecule has 1 unspecified atom stereocenters. The zero-order chi connectivity index (χ0) is 21.1. The Kier molecular flexibility index (Phi) is 10.1. The lowest BCUT2D eigenvalue weighted by Crippen LogP contribution is -2.44. The van der Waals surface area contributed by atoms with Crippen LogP contribution in [-0.4, -0.2) is 67.7 Å². The van der Waals surface area contributed by atoms with Crippen molar-refractivity contribution in [2.24, 2.45) is 0 Å². The number of aliphatic carboxylic acids is 1. The molecule has 0 aliphatic carbocycles. The van der Waals surface area contributed by atoms with Gasteiger partial charge in [-0.2, -0.15) is 0 Å². The summed E-state index contributed by atoms with van der Waals surface area (Å²) in [7, 11) is 1.59. The van der Waals surface area contributed by atoms with Crippen LogP contribution < -0.4 is 0 Å². The fraction of sp³-hybridized carbons (Fsp3) is 0.636. The Morgan fingerprint density at radius 2 is 1.90 bits per heavy atom. The van der Waals surface area contributed by atoms with Gasteiger partial charge in [0.2, 0.25) is 5.91 Å². The van der Waals surface area contributed by atoms with Crippen molar-refractivity contribution < 1.29 is 28.9 Å². The van der Waals surface area contributed by atoms with E-state index in [9.17, 15) is 14.7 Å². The normalized spacial score (nSPS) is 17.1. The predicted octanol–water partition coefficient (Wildman–Crippen LogP) is 3.04. The molecule has 2 rings (SSSR count). The second kappa shape index (κ2) is 12.6. The van der Waals surface area contributed by atoms with Crippen LogP contribution in [0.4, 0.5) is 0 Å². The summed E-state index contributed by atoms with van der Waals surface area (Å²) >= 11 is 0. The summed E-state index contributed by atoms with van der Waals surface area (Å²) in [5, 5.41) is 9.43.